The molecule has 1 aliphatic heterocycles. The lowest BCUT2D eigenvalue weighted by atomic mass is 10.1. The molecule has 0 radical (unpaired) electrons. The molecule has 0 aromatic carbocycles. The quantitative estimate of drug-likeness (QED) is 0.693. The molecule has 1 saturated heterocycles. The molecule has 80 valence electrons. The van der Waals surface area contributed by atoms with E-state index in [2.05, 4.69) is 11.7 Å². The minimum Gasteiger partial charge on any atom is -0.361 e. The largest absolute Gasteiger partial charge is 0.361 e. The van der Waals surface area contributed by atoms with Crippen molar-refractivity contribution >= 4 is 5.91 Å². The summed E-state index contributed by atoms with van der Waals surface area (Å²) in [6.07, 6.45) is 3.31. The van der Waals surface area contributed by atoms with Crippen molar-refractivity contribution < 1.29 is 9.32 Å². The Kier molecular flexibility index (Phi) is 2.58. The monoisotopic (exact) mass is 206 g/mol. The van der Waals surface area contributed by atoms with E-state index in [1.807, 2.05) is 13.0 Å². The summed E-state index contributed by atoms with van der Waals surface area (Å²) in [5.41, 5.74) is 0.847. The lowest BCUT2D eigenvalue weighted by Gasteiger charge is -2.20. The molecule has 2 heterocycles. The van der Waals surface area contributed by atoms with E-state index >= 15 is 0 Å². The number of rotatable bonds is 2. The molecule has 0 unspecified atom stereocenters. The van der Waals surface area contributed by atoms with E-state index in [0.29, 0.717) is 0 Å². The van der Waals surface area contributed by atoms with Gasteiger partial charge in [-0.05, 0) is 25.8 Å². The number of aromatic nitrogens is 1. The number of carbonyl (C=O) groups excluding carboxylic acids is 1. The number of hydrogen-bond donors (Lipinski definition) is 0. The SMILES string of the molecule is C=CC(=O)N1CCC[C@@H]1c1cc(C)on1. The smallest absolute Gasteiger partial charge is 0.246 e. The van der Waals surface area contributed by atoms with Crippen LogP contribution in [0.2, 0.25) is 0 Å². The molecule has 1 aromatic heterocycles. The molecule has 1 atom stereocenters. The molecule has 0 spiro atoms. The van der Waals surface area contributed by atoms with Gasteiger partial charge in [-0.1, -0.05) is 11.7 Å². The molecular weight excluding hydrogens is 192 g/mol. The summed E-state index contributed by atoms with van der Waals surface area (Å²) in [6, 6.07) is 1.95. The molecule has 15 heavy (non-hydrogen) atoms. The van der Waals surface area contributed by atoms with Gasteiger partial charge in [0.25, 0.3) is 0 Å². The number of aryl methyl sites for hydroxylation is 1. The Morgan fingerprint density at radius 1 is 1.80 bits per heavy atom. The van der Waals surface area contributed by atoms with Gasteiger partial charge >= 0.3 is 0 Å². The number of carbonyl (C=O) groups is 1. The van der Waals surface area contributed by atoms with Gasteiger partial charge in [0.15, 0.2) is 0 Å². The van der Waals surface area contributed by atoms with Crippen LogP contribution in [0.4, 0.5) is 0 Å². The summed E-state index contributed by atoms with van der Waals surface area (Å²) in [5, 5.41) is 3.96. The second-order valence-electron chi connectivity index (χ2n) is 3.76. The summed E-state index contributed by atoms with van der Waals surface area (Å²) < 4.78 is 5.02. The predicted octanol–water partition coefficient (Wildman–Crippen LogP) is 1.83. The molecule has 4 heteroatoms. The third-order valence-electron chi connectivity index (χ3n) is 2.70. The molecule has 4 nitrogen and oxygen atoms in total. The lowest BCUT2D eigenvalue weighted by Crippen LogP contribution is -2.28. The predicted molar refractivity (Wildman–Crippen MR) is 55.1 cm³/mol. The van der Waals surface area contributed by atoms with Gasteiger partial charge in [-0.25, -0.2) is 0 Å². The fourth-order valence-corrected chi connectivity index (χ4v) is 2.00. The van der Waals surface area contributed by atoms with Gasteiger partial charge in [-0.2, -0.15) is 0 Å². The maximum atomic E-state index is 11.6. The highest BCUT2D eigenvalue weighted by molar-refractivity contribution is 5.87. The number of hydrogen-bond acceptors (Lipinski definition) is 3. The molecule has 0 aliphatic carbocycles. The van der Waals surface area contributed by atoms with E-state index in [1.54, 1.807) is 4.90 Å². The topological polar surface area (TPSA) is 46.3 Å². The second kappa shape index (κ2) is 3.88. The average Bonchev–Trinajstić information content (AvgIpc) is 2.84. The van der Waals surface area contributed by atoms with Crippen molar-refractivity contribution in [2.45, 2.75) is 25.8 Å². The molecule has 0 saturated carbocycles. The van der Waals surface area contributed by atoms with Crippen molar-refractivity contribution in [1.29, 1.82) is 0 Å². The molecule has 1 amide bonds. The van der Waals surface area contributed by atoms with Crippen LogP contribution in [-0.4, -0.2) is 22.5 Å². The second-order valence-corrected chi connectivity index (χ2v) is 3.76. The Morgan fingerprint density at radius 2 is 2.60 bits per heavy atom. The zero-order chi connectivity index (χ0) is 10.8. The van der Waals surface area contributed by atoms with Gasteiger partial charge in [-0.3, -0.25) is 4.79 Å². The van der Waals surface area contributed by atoms with Gasteiger partial charge in [0.05, 0.1) is 6.04 Å². The first-order valence-electron chi connectivity index (χ1n) is 5.08. The number of nitrogens with zero attached hydrogens (tertiary/aromatic N) is 2. The molecular formula is C11H14N2O2. The fourth-order valence-electron chi connectivity index (χ4n) is 2.00. The van der Waals surface area contributed by atoms with Gasteiger partial charge < -0.3 is 9.42 Å². The van der Waals surface area contributed by atoms with Crippen LogP contribution in [0.25, 0.3) is 0 Å². The molecule has 1 aliphatic rings. The Morgan fingerprint density at radius 3 is 3.20 bits per heavy atom. The summed E-state index contributed by atoms with van der Waals surface area (Å²) >= 11 is 0. The maximum absolute atomic E-state index is 11.6. The van der Waals surface area contributed by atoms with Gasteiger partial charge in [0, 0.05) is 12.6 Å². The van der Waals surface area contributed by atoms with Crippen LogP contribution in [0.5, 0.6) is 0 Å². The Bertz CT molecular complexity index is 384. The molecule has 0 N–H and O–H groups in total. The van der Waals surface area contributed by atoms with E-state index in [4.69, 9.17) is 4.52 Å². The lowest BCUT2D eigenvalue weighted by molar-refractivity contribution is -0.127. The molecule has 1 fully saturated rings. The Hall–Kier alpha value is -1.58. The van der Waals surface area contributed by atoms with Crippen molar-refractivity contribution in [3.8, 4) is 0 Å². The van der Waals surface area contributed by atoms with E-state index in [0.717, 1.165) is 30.8 Å². The maximum Gasteiger partial charge on any atom is 0.246 e. The van der Waals surface area contributed by atoms with Crippen LogP contribution in [0, 0.1) is 6.92 Å². The van der Waals surface area contributed by atoms with Gasteiger partial charge in [0.1, 0.15) is 11.5 Å². The first-order valence-corrected chi connectivity index (χ1v) is 5.08. The number of amides is 1. The molecule has 2 rings (SSSR count). The summed E-state index contributed by atoms with van der Waals surface area (Å²) in [6.45, 7) is 6.13. The minimum absolute atomic E-state index is 0.0295. The van der Waals surface area contributed by atoms with Crippen LogP contribution in [0.15, 0.2) is 23.2 Å². The van der Waals surface area contributed by atoms with Crippen LogP contribution in [0.1, 0.15) is 30.3 Å². The van der Waals surface area contributed by atoms with Crippen LogP contribution >= 0.6 is 0 Å². The van der Waals surface area contributed by atoms with Crippen molar-refractivity contribution in [3.63, 3.8) is 0 Å². The third-order valence-corrected chi connectivity index (χ3v) is 2.70. The zero-order valence-corrected chi connectivity index (χ0v) is 8.77. The van der Waals surface area contributed by atoms with Crippen molar-refractivity contribution in [2.75, 3.05) is 6.54 Å². The summed E-state index contributed by atoms with van der Waals surface area (Å²) in [7, 11) is 0. The van der Waals surface area contributed by atoms with Crippen LogP contribution < -0.4 is 0 Å². The van der Waals surface area contributed by atoms with Gasteiger partial charge in [-0.15, -0.1) is 0 Å². The van der Waals surface area contributed by atoms with E-state index in [-0.39, 0.29) is 11.9 Å². The average molecular weight is 206 g/mol. The van der Waals surface area contributed by atoms with Gasteiger partial charge in [0.2, 0.25) is 5.91 Å². The van der Waals surface area contributed by atoms with Crippen molar-refractivity contribution in [2.24, 2.45) is 0 Å². The standard InChI is InChI=1S/C11H14N2O2/c1-3-11(14)13-6-4-5-10(13)9-7-8(2)15-12-9/h3,7,10H,1,4-6H2,2H3/t10-/m1/s1. The first kappa shape index (κ1) is 9.96. The highest BCUT2D eigenvalue weighted by atomic mass is 16.5. The van der Waals surface area contributed by atoms with Crippen LogP contribution in [-0.2, 0) is 4.79 Å². The van der Waals surface area contributed by atoms with Crippen LogP contribution in [0.3, 0.4) is 0 Å². The Labute approximate surface area is 88.5 Å². The third kappa shape index (κ3) is 1.79. The number of likely N-dealkylation sites (tertiary alicyclic amines) is 1. The van der Waals surface area contributed by atoms with E-state index < -0.39 is 0 Å². The van der Waals surface area contributed by atoms with Crippen molar-refractivity contribution in [3.05, 3.63) is 30.2 Å². The fraction of sp³-hybridized carbons (Fsp3) is 0.455. The highest BCUT2D eigenvalue weighted by Crippen LogP contribution is 2.31. The Balaban J connectivity index is 2.21. The van der Waals surface area contributed by atoms with Crippen molar-refractivity contribution in [1.82, 2.24) is 10.1 Å². The van der Waals surface area contributed by atoms with E-state index in [9.17, 15) is 4.79 Å². The zero-order valence-electron chi connectivity index (χ0n) is 8.77. The normalized spacial score (nSPS) is 20.6. The highest BCUT2D eigenvalue weighted by Gasteiger charge is 2.30. The summed E-state index contributed by atoms with van der Waals surface area (Å²) in [5.74, 6) is 0.751. The molecule has 1 aromatic rings. The first-order chi connectivity index (χ1) is 7.22. The minimum atomic E-state index is -0.0295. The molecule has 0 bridgehead atoms. The summed E-state index contributed by atoms with van der Waals surface area (Å²) in [4.78, 5) is 13.4. The van der Waals surface area contributed by atoms with E-state index in [1.165, 1.54) is 6.08 Å².